The van der Waals surface area contributed by atoms with Crippen LogP contribution in [0.25, 0.3) is 0 Å². The van der Waals surface area contributed by atoms with Crippen LogP contribution in [0.2, 0.25) is 0 Å². The average molecular weight is 297 g/mol. The molecule has 20 heavy (non-hydrogen) atoms. The van der Waals surface area contributed by atoms with Crippen molar-refractivity contribution in [1.82, 2.24) is 9.80 Å². The van der Waals surface area contributed by atoms with E-state index < -0.39 is 0 Å². The van der Waals surface area contributed by atoms with E-state index in [2.05, 4.69) is 0 Å². The van der Waals surface area contributed by atoms with Gasteiger partial charge in [-0.1, -0.05) is 26.1 Å². The maximum absolute atomic E-state index is 12.5. The Bertz CT molecular complexity index is 436. The van der Waals surface area contributed by atoms with Crippen LogP contribution in [0.5, 0.6) is 0 Å². The second-order valence-electron chi connectivity index (χ2n) is 6.36. The molecule has 2 aliphatic rings. The third kappa shape index (κ3) is 2.95. The van der Waals surface area contributed by atoms with Gasteiger partial charge in [0.1, 0.15) is 6.04 Å². The third-order valence-corrected chi connectivity index (χ3v) is 4.97. The summed E-state index contributed by atoms with van der Waals surface area (Å²) >= 11 is 5.04. The summed E-state index contributed by atoms with van der Waals surface area (Å²) in [5.74, 6) is 0.158. The normalized spacial score (nSPS) is 23.8. The number of nitrogens with zero attached hydrogens (tertiary/aromatic N) is 2. The molecule has 2 rings (SSSR count). The number of piperazine rings is 1. The average Bonchev–Trinajstić information content (AvgIpc) is 2.41. The number of carbonyl (C=O) groups is 2. The number of rotatable bonds is 4. The third-order valence-electron chi connectivity index (χ3n) is 4.42. The van der Waals surface area contributed by atoms with Gasteiger partial charge in [-0.15, -0.1) is 0 Å². The van der Waals surface area contributed by atoms with Gasteiger partial charge in [-0.25, -0.2) is 0 Å². The van der Waals surface area contributed by atoms with E-state index in [0.29, 0.717) is 18.0 Å². The molecule has 1 unspecified atom stereocenters. The highest BCUT2D eigenvalue weighted by Crippen LogP contribution is 2.26. The standard InChI is InChI=1S/C14H23N3O2S/c1-14(2,13(15)20)6-8-16-9-11(18)17-7-4-3-5-10(17)12(16)19/h10H,3-9H2,1-2H3,(H2,15,20). The number of hydrogen-bond donors (Lipinski definition) is 1. The number of amides is 2. The van der Waals surface area contributed by atoms with Crippen LogP contribution in [0.1, 0.15) is 39.5 Å². The number of hydrogen-bond acceptors (Lipinski definition) is 3. The molecule has 0 aromatic carbocycles. The molecule has 2 heterocycles. The van der Waals surface area contributed by atoms with Crippen LogP contribution in [0.15, 0.2) is 0 Å². The van der Waals surface area contributed by atoms with Crippen LogP contribution in [0.4, 0.5) is 0 Å². The lowest BCUT2D eigenvalue weighted by Gasteiger charge is -2.43. The van der Waals surface area contributed by atoms with Crippen LogP contribution in [-0.2, 0) is 9.59 Å². The van der Waals surface area contributed by atoms with E-state index in [1.54, 1.807) is 9.80 Å². The Hall–Kier alpha value is -1.17. The Labute approximate surface area is 125 Å². The number of piperidine rings is 1. The predicted molar refractivity (Wildman–Crippen MR) is 81.1 cm³/mol. The monoisotopic (exact) mass is 297 g/mol. The molecule has 2 saturated heterocycles. The minimum atomic E-state index is -0.289. The highest BCUT2D eigenvalue weighted by atomic mass is 32.1. The molecule has 0 spiro atoms. The van der Waals surface area contributed by atoms with Gasteiger partial charge in [0.25, 0.3) is 0 Å². The molecule has 5 nitrogen and oxygen atoms in total. The topological polar surface area (TPSA) is 66.6 Å². The van der Waals surface area contributed by atoms with Gasteiger partial charge in [0.15, 0.2) is 0 Å². The van der Waals surface area contributed by atoms with E-state index in [9.17, 15) is 9.59 Å². The molecule has 0 aliphatic carbocycles. The van der Waals surface area contributed by atoms with Crippen molar-refractivity contribution >= 4 is 29.0 Å². The van der Waals surface area contributed by atoms with E-state index in [1.165, 1.54) is 0 Å². The van der Waals surface area contributed by atoms with Crippen LogP contribution in [0.3, 0.4) is 0 Å². The largest absolute Gasteiger partial charge is 0.393 e. The Morgan fingerprint density at radius 3 is 2.75 bits per heavy atom. The molecule has 2 amide bonds. The fourth-order valence-corrected chi connectivity index (χ4v) is 2.86. The first-order valence-electron chi connectivity index (χ1n) is 7.21. The Kier molecular flexibility index (Phi) is 4.32. The molecule has 2 aliphatic heterocycles. The Balaban J connectivity index is 2.01. The van der Waals surface area contributed by atoms with E-state index in [1.807, 2.05) is 13.8 Å². The molecule has 112 valence electrons. The van der Waals surface area contributed by atoms with Gasteiger partial charge in [-0.3, -0.25) is 9.59 Å². The predicted octanol–water partition coefficient (Wildman–Crippen LogP) is 0.912. The minimum absolute atomic E-state index is 0.0717. The molecule has 2 fully saturated rings. The second-order valence-corrected chi connectivity index (χ2v) is 6.80. The zero-order valence-corrected chi connectivity index (χ0v) is 13.0. The molecule has 1 atom stereocenters. The van der Waals surface area contributed by atoms with Gasteiger partial charge in [-0.2, -0.15) is 0 Å². The maximum Gasteiger partial charge on any atom is 0.245 e. The van der Waals surface area contributed by atoms with Crippen molar-refractivity contribution in [1.29, 1.82) is 0 Å². The summed E-state index contributed by atoms with van der Waals surface area (Å²) in [6.45, 7) is 5.40. The summed E-state index contributed by atoms with van der Waals surface area (Å²) < 4.78 is 0. The van der Waals surface area contributed by atoms with E-state index >= 15 is 0 Å². The molecule has 0 aromatic rings. The molecule has 0 saturated carbocycles. The Morgan fingerprint density at radius 1 is 1.40 bits per heavy atom. The lowest BCUT2D eigenvalue weighted by Crippen LogP contribution is -2.61. The van der Waals surface area contributed by atoms with Crippen molar-refractivity contribution in [2.75, 3.05) is 19.6 Å². The molecular formula is C14H23N3O2S. The second kappa shape index (κ2) is 5.68. The van der Waals surface area contributed by atoms with Crippen molar-refractivity contribution in [2.24, 2.45) is 11.1 Å². The number of nitrogens with two attached hydrogens (primary N) is 1. The summed E-state index contributed by atoms with van der Waals surface area (Å²) in [4.78, 5) is 28.5. The summed E-state index contributed by atoms with van der Waals surface area (Å²) in [6, 6.07) is -0.238. The van der Waals surface area contributed by atoms with Gasteiger partial charge in [0.05, 0.1) is 11.5 Å². The maximum atomic E-state index is 12.5. The van der Waals surface area contributed by atoms with Crippen LogP contribution < -0.4 is 5.73 Å². The first-order chi connectivity index (χ1) is 9.33. The summed E-state index contributed by atoms with van der Waals surface area (Å²) in [5, 5.41) is 0. The summed E-state index contributed by atoms with van der Waals surface area (Å²) in [5.41, 5.74) is 5.42. The van der Waals surface area contributed by atoms with Gasteiger partial charge in [-0.05, 0) is 25.7 Å². The Morgan fingerprint density at radius 2 is 2.10 bits per heavy atom. The summed E-state index contributed by atoms with van der Waals surface area (Å²) in [7, 11) is 0. The molecule has 0 radical (unpaired) electrons. The number of thiocarbonyl (C=S) groups is 1. The fourth-order valence-electron chi connectivity index (χ4n) is 2.76. The first kappa shape index (κ1) is 15.2. The lowest BCUT2D eigenvalue weighted by atomic mass is 9.88. The van der Waals surface area contributed by atoms with Crippen LogP contribution in [-0.4, -0.2) is 52.3 Å². The van der Waals surface area contributed by atoms with E-state index in [0.717, 1.165) is 25.8 Å². The van der Waals surface area contributed by atoms with Crippen molar-refractivity contribution in [3.8, 4) is 0 Å². The SMILES string of the molecule is CC(C)(CCN1CC(=O)N2CCCCC2C1=O)C(N)=S. The van der Waals surface area contributed by atoms with Crippen LogP contribution >= 0.6 is 12.2 Å². The quantitative estimate of drug-likeness (QED) is 0.783. The first-order valence-corrected chi connectivity index (χ1v) is 7.62. The van der Waals surface area contributed by atoms with Crippen molar-refractivity contribution < 1.29 is 9.59 Å². The molecule has 6 heteroatoms. The highest BCUT2D eigenvalue weighted by Gasteiger charge is 2.40. The van der Waals surface area contributed by atoms with E-state index in [4.69, 9.17) is 18.0 Å². The smallest absolute Gasteiger partial charge is 0.245 e. The summed E-state index contributed by atoms with van der Waals surface area (Å²) in [6.07, 6.45) is 3.50. The molecule has 0 aromatic heterocycles. The van der Waals surface area contributed by atoms with Crippen molar-refractivity contribution in [3.05, 3.63) is 0 Å². The minimum Gasteiger partial charge on any atom is -0.393 e. The van der Waals surface area contributed by atoms with Gasteiger partial charge < -0.3 is 15.5 Å². The number of fused-ring (bicyclic) bond motifs is 1. The molecular weight excluding hydrogens is 274 g/mol. The van der Waals surface area contributed by atoms with Gasteiger partial charge in [0.2, 0.25) is 11.8 Å². The van der Waals surface area contributed by atoms with Gasteiger partial charge in [0, 0.05) is 18.5 Å². The van der Waals surface area contributed by atoms with Crippen LogP contribution in [0, 0.1) is 5.41 Å². The molecule has 0 bridgehead atoms. The zero-order valence-electron chi connectivity index (χ0n) is 12.2. The van der Waals surface area contributed by atoms with Crippen molar-refractivity contribution in [3.63, 3.8) is 0 Å². The lowest BCUT2D eigenvalue weighted by molar-refractivity contribution is -0.157. The van der Waals surface area contributed by atoms with E-state index in [-0.39, 0.29) is 29.8 Å². The highest BCUT2D eigenvalue weighted by molar-refractivity contribution is 7.80. The fraction of sp³-hybridized carbons (Fsp3) is 0.786. The zero-order chi connectivity index (χ0) is 14.9. The molecule has 2 N–H and O–H groups in total. The van der Waals surface area contributed by atoms with Gasteiger partial charge >= 0.3 is 0 Å². The number of carbonyl (C=O) groups excluding carboxylic acids is 2. The van der Waals surface area contributed by atoms with Crippen molar-refractivity contribution in [2.45, 2.75) is 45.6 Å².